The molecule has 1 heterocycles. The van der Waals surface area contributed by atoms with Gasteiger partial charge in [0.1, 0.15) is 12.4 Å². The third-order valence-electron chi connectivity index (χ3n) is 3.50. The summed E-state index contributed by atoms with van der Waals surface area (Å²) in [6.07, 6.45) is 4.36. The van der Waals surface area contributed by atoms with Gasteiger partial charge in [-0.15, -0.1) is 0 Å². The zero-order valence-electron chi connectivity index (χ0n) is 12.7. The lowest BCUT2D eigenvalue weighted by Crippen LogP contribution is -2.15. The van der Waals surface area contributed by atoms with E-state index in [2.05, 4.69) is 18.9 Å². The van der Waals surface area contributed by atoms with Crippen molar-refractivity contribution in [1.29, 1.82) is 0 Å². The molecule has 0 amide bonds. The average molecular weight is 286 g/mol. The molecule has 21 heavy (non-hydrogen) atoms. The molecule has 0 saturated carbocycles. The first kappa shape index (κ1) is 15.3. The Labute approximate surface area is 125 Å². The first-order valence-corrected chi connectivity index (χ1v) is 7.46. The van der Waals surface area contributed by atoms with E-state index in [4.69, 9.17) is 4.74 Å². The highest BCUT2D eigenvalue weighted by Gasteiger charge is 2.11. The van der Waals surface area contributed by atoms with Crippen molar-refractivity contribution in [3.05, 3.63) is 48.3 Å². The Kier molecular flexibility index (Phi) is 5.55. The van der Waals surface area contributed by atoms with Crippen molar-refractivity contribution in [3.63, 3.8) is 0 Å². The van der Waals surface area contributed by atoms with Crippen molar-refractivity contribution in [2.75, 3.05) is 6.61 Å². The van der Waals surface area contributed by atoms with E-state index < -0.39 is 0 Å². The number of carbonyl (C=O) groups is 1. The van der Waals surface area contributed by atoms with Crippen LogP contribution in [0.1, 0.15) is 38.4 Å². The molecule has 0 atom stereocenters. The van der Waals surface area contributed by atoms with Gasteiger partial charge in [-0.1, -0.05) is 32.0 Å². The minimum absolute atomic E-state index is 0.0358. The monoisotopic (exact) mass is 286 g/mol. The number of rotatable bonds is 8. The van der Waals surface area contributed by atoms with E-state index in [-0.39, 0.29) is 12.4 Å². The molecule has 0 N–H and O–H groups in total. The van der Waals surface area contributed by atoms with Crippen LogP contribution in [0.5, 0.6) is 5.75 Å². The quantitative estimate of drug-likeness (QED) is 0.746. The first-order chi connectivity index (χ1) is 10.2. The van der Waals surface area contributed by atoms with Crippen LogP contribution in [-0.4, -0.2) is 22.2 Å². The molecule has 0 unspecified atom stereocenters. The van der Waals surface area contributed by atoms with Gasteiger partial charge in [0.25, 0.3) is 0 Å². The number of nitrogens with zero attached hydrogens (tertiary/aromatic N) is 2. The van der Waals surface area contributed by atoms with Crippen molar-refractivity contribution >= 4 is 5.78 Å². The Bertz CT molecular complexity index is 559. The number of aromatic nitrogens is 2. The summed E-state index contributed by atoms with van der Waals surface area (Å²) in [5, 5.41) is 4.49. The predicted molar refractivity (Wildman–Crippen MR) is 82.5 cm³/mol. The van der Waals surface area contributed by atoms with E-state index in [1.54, 1.807) is 0 Å². The van der Waals surface area contributed by atoms with E-state index in [1.165, 1.54) is 0 Å². The number of ether oxygens (including phenoxy) is 1. The van der Waals surface area contributed by atoms with Crippen LogP contribution in [0.2, 0.25) is 0 Å². The lowest BCUT2D eigenvalue weighted by molar-refractivity contribution is -0.120. The van der Waals surface area contributed by atoms with Crippen LogP contribution in [-0.2, 0) is 11.2 Å². The van der Waals surface area contributed by atoms with Gasteiger partial charge in [0, 0.05) is 6.20 Å². The maximum absolute atomic E-state index is 11.9. The van der Waals surface area contributed by atoms with E-state index in [0.717, 1.165) is 18.5 Å². The highest BCUT2D eigenvalue weighted by Crippen LogP contribution is 2.15. The molecular formula is C17H22N2O2. The van der Waals surface area contributed by atoms with E-state index in [1.807, 2.05) is 47.3 Å². The molecule has 4 heteroatoms. The largest absolute Gasteiger partial charge is 0.486 e. The molecule has 0 saturated heterocycles. The third-order valence-corrected chi connectivity index (χ3v) is 3.50. The number of hydrogen-bond acceptors (Lipinski definition) is 3. The SMILES string of the molecule is CCC(CC)n1ccc(CC(=O)COc2ccccc2)n1. The predicted octanol–water partition coefficient (Wildman–Crippen LogP) is 3.43. The molecular weight excluding hydrogens is 264 g/mol. The topological polar surface area (TPSA) is 44.1 Å². The molecule has 0 bridgehead atoms. The molecule has 4 nitrogen and oxygen atoms in total. The molecule has 2 aromatic rings. The minimum atomic E-state index is 0.0358. The Morgan fingerprint density at radius 1 is 1.19 bits per heavy atom. The highest BCUT2D eigenvalue weighted by atomic mass is 16.5. The average Bonchev–Trinajstić information content (AvgIpc) is 2.96. The smallest absolute Gasteiger partial charge is 0.176 e. The third kappa shape index (κ3) is 4.45. The Morgan fingerprint density at radius 3 is 2.57 bits per heavy atom. The van der Waals surface area contributed by atoms with Gasteiger partial charge >= 0.3 is 0 Å². The zero-order chi connectivity index (χ0) is 15.1. The molecule has 0 radical (unpaired) electrons. The van der Waals surface area contributed by atoms with Crippen LogP contribution in [0.15, 0.2) is 42.6 Å². The molecule has 0 spiro atoms. The zero-order valence-corrected chi connectivity index (χ0v) is 12.7. The van der Waals surface area contributed by atoms with Gasteiger partial charge in [-0.2, -0.15) is 5.10 Å². The first-order valence-electron chi connectivity index (χ1n) is 7.46. The summed E-state index contributed by atoms with van der Waals surface area (Å²) in [7, 11) is 0. The second kappa shape index (κ2) is 7.62. The Hall–Kier alpha value is -2.10. The number of carbonyl (C=O) groups excluding carboxylic acids is 1. The summed E-state index contributed by atoms with van der Waals surface area (Å²) in [4.78, 5) is 11.9. The molecule has 0 aliphatic rings. The van der Waals surface area contributed by atoms with E-state index in [0.29, 0.717) is 18.2 Å². The summed E-state index contributed by atoms with van der Waals surface area (Å²) in [6, 6.07) is 11.7. The molecule has 1 aromatic carbocycles. The molecule has 1 aromatic heterocycles. The van der Waals surface area contributed by atoms with Crippen molar-refractivity contribution in [2.45, 2.75) is 39.2 Å². The van der Waals surface area contributed by atoms with Gasteiger partial charge in [0.2, 0.25) is 0 Å². The number of ketones is 1. The van der Waals surface area contributed by atoms with Crippen LogP contribution >= 0.6 is 0 Å². The van der Waals surface area contributed by atoms with Crippen molar-refractivity contribution < 1.29 is 9.53 Å². The van der Waals surface area contributed by atoms with Gasteiger partial charge in [0.15, 0.2) is 5.78 Å². The standard InChI is InChI=1S/C17H22N2O2/c1-3-15(4-2)19-11-10-14(18-19)12-16(20)13-21-17-8-6-5-7-9-17/h5-11,15H,3-4,12-13H2,1-2H3. The molecule has 0 aliphatic heterocycles. The van der Waals surface area contributed by atoms with E-state index >= 15 is 0 Å². The number of hydrogen-bond donors (Lipinski definition) is 0. The highest BCUT2D eigenvalue weighted by molar-refractivity contribution is 5.81. The van der Waals surface area contributed by atoms with Crippen LogP contribution in [0.3, 0.4) is 0 Å². The van der Waals surface area contributed by atoms with Crippen LogP contribution in [0.25, 0.3) is 0 Å². The van der Waals surface area contributed by atoms with Gasteiger partial charge in [-0.25, -0.2) is 0 Å². The minimum Gasteiger partial charge on any atom is -0.486 e. The lowest BCUT2D eigenvalue weighted by Gasteiger charge is -2.12. The van der Waals surface area contributed by atoms with Crippen LogP contribution in [0.4, 0.5) is 0 Å². The number of benzene rings is 1. The second-order valence-electron chi connectivity index (χ2n) is 5.07. The maximum atomic E-state index is 11.9. The summed E-state index contributed by atoms with van der Waals surface area (Å²) in [5.74, 6) is 0.752. The van der Waals surface area contributed by atoms with Crippen molar-refractivity contribution in [2.24, 2.45) is 0 Å². The summed E-state index contributed by atoms with van der Waals surface area (Å²) in [6.45, 7) is 4.38. The molecule has 0 fully saturated rings. The van der Waals surface area contributed by atoms with Crippen molar-refractivity contribution in [1.82, 2.24) is 9.78 Å². The van der Waals surface area contributed by atoms with Crippen LogP contribution in [0, 0.1) is 0 Å². The molecule has 112 valence electrons. The van der Waals surface area contributed by atoms with Gasteiger partial charge in [0.05, 0.1) is 18.2 Å². The van der Waals surface area contributed by atoms with Crippen LogP contribution < -0.4 is 4.74 Å². The normalized spacial score (nSPS) is 10.8. The van der Waals surface area contributed by atoms with E-state index in [9.17, 15) is 4.79 Å². The number of Topliss-reactive ketones (excluding diaryl/α,β-unsaturated/α-hetero) is 1. The fraction of sp³-hybridized carbons (Fsp3) is 0.412. The maximum Gasteiger partial charge on any atom is 0.176 e. The number of para-hydroxylation sites is 1. The van der Waals surface area contributed by atoms with Crippen molar-refractivity contribution in [3.8, 4) is 5.75 Å². The summed E-state index contributed by atoms with van der Waals surface area (Å²) >= 11 is 0. The van der Waals surface area contributed by atoms with Gasteiger partial charge < -0.3 is 4.74 Å². The van der Waals surface area contributed by atoms with Gasteiger partial charge in [-0.05, 0) is 31.0 Å². The Morgan fingerprint density at radius 2 is 1.90 bits per heavy atom. The lowest BCUT2D eigenvalue weighted by atomic mass is 10.2. The molecule has 2 rings (SSSR count). The fourth-order valence-corrected chi connectivity index (χ4v) is 2.27. The summed E-state index contributed by atoms with van der Waals surface area (Å²) < 4.78 is 7.41. The fourth-order valence-electron chi connectivity index (χ4n) is 2.27. The molecule has 0 aliphatic carbocycles. The summed E-state index contributed by atoms with van der Waals surface area (Å²) in [5.41, 5.74) is 0.809. The van der Waals surface area contributed by atoms with Gasteiger partial charge in [-0.3, -0.25) is 9.48 Å². The Balaban J connectivity index is 1.85. The second-order valence-corrected chi connectivity index (χ2v) is 5.07.